The minimum atomic E-state index is -4.51. The zero-order valence-electron chi connectivity index (χ0n) is 62.4. The molecule has 24 nitrogen and oxygen atoms in total. The van der Waals surface area contributed by atoms with Gasteiger partial charge in [-0.05, 0) is 186 Å². The van der Waals surface area contributed by atoms with E-state index in [0.29, 0.717) is 88.0 Å². The number of rotatable bonds is 16. The molecule has 0 saturated heterocycles. The summed E-state index contributed by atoms with van der Waals surface area (Å²) in [6.07, 6.45) is 32.2. The van der Waals surface area contributed by atoms with E-state index < -0.39 is 20.2 Å². The van der Waals surface area contributed by atoms with Gasteiger partial charge in [0, 0.05) is 58.3 Å². The molecule has 598 valence electrons. The van der Waals surface area contributed by atoms with Crippen molar-refractivity contribution in [3.8, 4) is 89.0 Å². The second-order valence-electron chi connectivity index (χ2n) is 27.2. The van der Waals surface area contributed by atoms with Crippen LogP contribution >= 0.6 is 24.1 Å². The standard InChI is InChI=1S/C44H36N8.C44H28N4O12S4.CH4.2Cu/c1-49-21-13-29(14-22-49)41-33-5-7-35(45-33)42(30-15-23-50(2)24-16-30)37-9-11-39(47-37)44(32-19-27-52(4)28-20-32)40-12-10-38(48-40)43(36-8-6-34(41)46-36)31-17-25-51(3)26-18-31;49-57-59-61-29-9-1-25(2-10-29)41-33-17-18-34(45-33)42(26-3-11-30(12-4-26)62-60-58-50)36-20-22-38(47-36)44(28-7-15-32(16-8-28)64(54,55)56)40-24-23-39(48-40)43(37-21-19-35(41)46-37)27-5-13-31(14-6-27)63(51,52)53;;;/h5-28H,1-4H3;1-24,49-50H,(H,51,52,53)(H,54,55,56);1H4;;/q+2;-2;;2*+2. The molecule has 2 radical (unpaired) electrons. The average molecular weight is 1750 g/mol. The normalized spacial score (nSPS) is 12.0. The molecule has 0 fully saturated rings. The van der Waals surface area contributed by atoms with Gasteiger partial charge in [0.15, 0.2) is 49.6 Å². The Morgan fingerprint density at radius 2 is 0.445 bits per heavy atom. The zero-order valence-corrected chi connectivity index (χ0v) is 67.5. The van der Waals surface area contributed by atoms with Crippen LogP contribution in [0.1, 0.15) is 53.0 Å². The van der Waals surface area contributed by atoms with E-state index in [1.54, 1.807) is 72.8 Å². The predicted molar refractivity (Wildman–Crippen MR) is 449 cm³/mol. The second-order valence-corrected chi connectivity index (χ2v) is 31.6. The van der Waals surface area contributed by atoms with Crippen molar-refractivity contribution in [3.63, 3.8) is 0 Å². The number of benzene rings is 4. The van der Waals surface area contributed by atoms with Crippen LogP contribution in [0.3, 0.4) is 0 Å². The number of fused-ring (bicyclic) bond motifs is 16. The fourth-order valence-corrected chi connectivity index (χ4v) is 15.9. The van der Waals surface area contributed by atoms with Gasteiger partial charge in [-0.3, -0.25) is 9.11 Å². The van der Waals surface area contributed by atoms with Gasteiger partial charge in [0.25, 0.3) is 20.2 Å². The van der Waals surface area contributed by atoms with E-state index in [9.17, 15) is 25.9 Å². The molecule has 0 atom stereocenters. The summed E-state index contributed by atoms with van der Waals surface area (Å²) in [6.45, 7) is 0. The van der Waals surface area contributed by atoms with Crippen LogP contribution in [0.4, 0.5) is 0 Å². The van der Waals surface area contributed by atoms with Crippen molar-refractivity contribution in [2.24, 2.45) is 28.2 Å². The summed E-state index contributed by atoms with van der Waals surface area (Å²) in [6, 6.07) is 58.4. The maximum atomic E-state index is 12.0. The topological polar surface area (TPSA) is 310 Å². The number of hydrogen-bond acceptors (Lipinski definition) is 16. The van der Waals surface area contributed by atoms with Crippen molar-refractivity contribution >= 4 is 137 Å². The van der Waals surface area contributed by atoms with Crippen LogP contribution in [0, 0.1) is 0 Å². The van der Waals surface area contributed by atoms with Crippen LogP contribution in [-0.2, 0) is 101 Å². The molecule has 18 rings (SSSR count). The van der Waals surface area contributed by atoms with E-state index in [4.69, 9.17) is 50.4 Å². The molecule has 4 aromatic carbocycles. The van der Waals surface area contributed by atoms with Gasteiger partial charge in [0.05, 0.1) is 79.4 Å². The number of pyridine rings is 4. The Balaban J connectivity index is 0.000000194. The van der Waals surface area contributed by atoms with Crippen molar-refractivity contribution in [2.45, 2.75) is 27.0 Å². The van der Waals surface area contributed by atoms with Gasteiger partial charge in [-0.25, -0.2) is 48.7 Å². The summed E-state index contributed by atoms with van der Waals surface area (Å²) >= 11 is 1.61. The first-order valence-corrected chi connectivity index (χ1v) is 40.2. The molecule has 4 aliphatic rings. The largest absolute Gasteiger partial charge is 2.00 e. The third-order valence-corrected chi connectivity index (χ3v) is 22.7. The molecule has 30 heteroatoms. The van der Waals surface area contributed by atoms with Gasteiger partial charge >= 0.3 is 34.1 Å². The molecule has 4 N–H and O–H groups in total. The number of aryl methyl sites for hydroxylation is 4. The summed E-state index contributed by atoms with van der Waals surface area (Å²) in [4.78, 5) is 42.6. The van der Waals surface area contributed by atoms with Crippen LogP contribution < -0.4 is 38.2 Å². The second kappa shape index (κ2) is 35.3. The Morgan fingerprint density at radius 3 is 0.613 bits per heavy atom. The first-order valence-electron chi connectivity index (χ1n) is 35.9. The summed E-state index contributed by atoms with van der Waals surface area (Å²) in [7, 11) is -0.926. The van der Waals surface area contributed by atoms with Gasteiger partial charge in [-0.15, -0.1) is 52.8 Å². The van der Waals surface area contributed by atoms with E-state index in [0.717, 1.165) is 125 Å². The first-order chi connectivity index (χ1) is 56.2. The third kappa shape index (κ3) is 17.5. The Hall–Kier alpha value is -12.0. The van der Waals surface area contributed by atoms with E-state index in [1.807, 2.05) is 95.0 Å². The monoisotopic (exact) mass is 1750 g/mol. The zero-order chi connectivity index (χ0) is 79.9. The van der Waals surface area contributed by atoms with Crippen LogP contribution in [0.2, 0.25) is 0 Å². The SMILES string of the molecule is C.C[n+]1ccc(-c2c3nc(c(-c4cc[n+](C)cc4)c4ccc([n-]4)c(-c4cc[n+](C)cc4)c4nc(c(-c5cc[n+](C)cc5)c5ccc2[n-]5)C=C4)C=C3)cc1.O=S(=O)(O)c1ccc(-c2c3nc(c(-c4ccc(SOOO)cc4)c4ccc([n-]4)c(-c4ccc(SOOO)cc4)c4nc(c(-c5ccc(S(=O)(=O)O)cc5)c5ccc2[n-]5)C=C4)C=C3)cc1.[Cu+2].[Cu+2]. The molecular weight excluding hydrogens is 1680 g/mol. The summed E-state index contributed by atoms with van der Waals surface area (Å²) in [5.74, 6) is 0. The van der Waals surface area contributed by atoms with Gasteiger partial charge in [-0.2, -0.15) is 16.8 Å². The van der Waals surface area contributed by atoms with Gasteiger partial charge in [0.1, 0.15) is 28.2 Å². The van der Waals surface area contributed by atoms with E-state index >= 15 is 0 Å². The van der Waals surface area contributed by atoms with Crippen LogP contribution in [-0.4, -0.2) is 56.4 Å². The quantitative estimate of drug-likeness (QED) is 0.0174. The Kier molecular flexibility index (Phi) is 24.8. The summed E-state index contributed by atoms with van der Waals surface area (Å²) in [5, 5.41) is 25.0. The van der Waals surface area contributed by atoms with Crippen molar-refractivity contribution in [2.75, 3.05) is 0 Å². The van der Waals surface area contributed by atoms with Crippen molar-refractivity contribution in [3.05, 3.63) is 289 Å². The smallest absolute Gasteiger partial charge is 0.657 e. The molecule has 10 aromatic heterocycles. The minimum absolute atomic E-state index is 0. The predicted octanol–water partition coefficient (Wildman–Crippen LogP) is 16.4. The van der Waals surface area contributed by atoms with Crippen molar-refractivity contribution < 1.29 is 108 Å². The maximum Gasteiger partial charge on any atom is 2.00 e. The van der Waals surface area contributed by atoms with Crippen LogP contribution in [0.25, 0.3) is 182 Å². The fourth-order valence-electron chi connectivity index (χ4n) is 14.3. The molecule has 0 saturated carbocycles. The summed E-state index contributed by atoms with van der Waals surface area (Å²) < 4.78 is 85.1. The van der Waals surface area contributed by atoms with Gasteiger partial charge < -0.3 is 19.9 Å². The summed E-state index contributed by atoms with van der Waals surface area (Å²) in [5.41, 5.74) is 23.5. The molecule has 16 bridgehead atoms. The maximum absolute atomic E-state index is 12.0. The third-order valence-electron chi connectivity index (χ3n) is 19.8. The molecule has 0 amide bonds. The molecule has 4 aliphatic heterocycles. The van der Waals surface area contributed by atoms with E-state index in [1.165, 1.54) is 24.3 Å². The van der Waals surface area contributed by atoms with Gasteiger partial charge in [-0.1, -0.05) is 115 Å². The average Bonchev–Trinajstić information content (AvgIpc) is 1.62. The molecule has 119 heavy (non-hydrogen) atoms. The fraction of sp³-hybridized carbons (Fsp3) is 0.0562. The molecular formula is C89H68Cu2N12O12S4+4. The number of hydrogen-bond donors (Lipinski definition) is 4. The van der Waals surface area contributed by atoms with Crippen LogP contribution in [0.5, 0.6) is 0 Å². The van der Waals surface area contributed by atoms with E-state index in [2.05, 4.69) is 165 Å². The minimum Gasteiger partial charge on any atom is -0.657 e. The molecule has 14 aromatic rings. The van der Waals surface area contributed by atoms with E-state index in [-0.39, 0.29) is 51.4 Å². The Morgan fingerprint density at radius 1 is 0.277 bits per heavy atom. The van der Waals surface area contributed by atoms with Gasteiger partial charge in [0.2, 0.25) is 0 Å². The first kappa shape index (κ1) is 83.5. The number of nitrogens with zero attached hydrogens (tertiary/aromatic N) is 12. The molecule has 14 heterocycles. The van der Waals surface area contributed by atoms with Crippen molar-refractivity contribution in [1.29, 1.82) is 0 Å². The van der Waals surface area contributed by atoms with Crippen molar-refractivity contribution in [1.82, 2.24) is 39.9 Å². The Bertz CT molecular complexity index is 6400. The number of aromatic nitrogens is 12. The molecule has 0 aliphatic carbocycles. The van der Waals surface area contributed by atoms with Crippen LogP contribution in [0.15, 0.2) is 263 Å². The molecule has 0 spiro atoms. The molecule has 0 unspecified atom stereocenters. The Labute approximate surface area is 712 Å².